The number of hydrogen-bond acceptors (Lipinski definition) is 4. The van der Waals surface area contributed by atoms with Crippen LogP contribution < -0.4 is 5.73 Å². The number of primary amides is 1. The van der Waals surface area contributed by atoms with Gasteiger partial charge in [0.2, 0.25) is 0 Å². The summed E-state index contributed by atoms with van der Waals surface area (Å²) in [6.45, 7) is 0. The summed E-state index contributed by atoms with van der Waals surface area (Å²) in [5.74, 6) is -0.569. The highest BCUT2D eigenvalue weighted by molar-refractivity contribution is 5.91. The molecule has 0 saturated heterocycles. The second kappa shape index (κ2) is 3.49. The smallest absolute Gasteiger partial charge is 0.267 e. The van der Waals surface area contributed by atoms with Crippen LogP contribution in [-0.4, -0.2) is 25.7 Å². The Balaban J connectivity index is 2.50. The highest BCUT2D eigenvalue weighted by atomic mass is 16.1. The van der Waals surface area contributed by atoms with E-state index in [1.165, 1.54) is 6.33 Å². The molecule has 0 bridgehead atoms. The van der Waals surface area contributed by atoms with Crippen LogP contribution >= 0.6 is 0 Å². The van der Waals surface area contributed by atoms with Crippen molar-refractivity contribution < 1.29 is 4.79 Å². The molecule has 0 saturated carbocycles. The minimum absolute atomic E-state index is 0.196. The summed E-state index contributed by atoms with van der Waals surface area (Å²) in [7, 11) is 1.79. The van der Waals surface area contributed by atoms with E-state index in [9.17, 15) is 4.79 Å². The first kappa shape index (κ1) is 9.32. The SMILES string of the molecule is Cn1nccc1-c1cc(C(N)=O)ncn1. The minimum Gasteiger partial charge on any atom is -0.364 e. The van der Waals surface area contributed by atoms with Gasteiger partial charge in [0, 0.05) is 13.2 Å². The van der Waals surface area contributed by atoms with Gasteiger partial charge in [-0.25, -0.2) is 9.97 Å². The van der Waals surface area contributed by atoms with E-state index in [-0.39, 0.29) is 5.69 Å². The monoisotopic (exact) mass is 203 g/mol. The van der Waals surface area contributed by atoms with Crippen LogP contribution in [0.3, 0.4) is 0 Å². The number of nitrogens with zero attached hydrogens (tertiary/aromatic N) is 4. The lowest BCUT2D eigenvalue weighted by molar-refractivity contribution is 0.0995. The van der Waals surface area contributed by atoms with Gasteiger partial charge in [0.25, 0.3) is 5.91 Å². The molecule has 2 N–H and O–H groups in total. The zero-order chi connectivity index (χ0) is 10.8. The second-order valence-corrected chi connectivity index (χ2v) is 2.99. The van der Waals surface area contributed by atoms with E-state index >= 15 is 0 Å². The fraction of sp³-hybridized carbons (Fsp3) is 0.111. The first-order valence-electron chi connectivity index (χ1n) is 4.28. The molecule has 15 heavy (non-hydrogen) atoms. The maximum atomic E-state index is 10.9. The lowest BCUT2D eigenvalue weighted by Gasteiger charge is -2.01. The van der Waals surface area contributed by atoms with Crippen LogP contribution in [0.15, 0.2) is 24.7 Å². The summed E-state index contributed by atoms with van der Waals surface area (Å²) in [4.78, 5) is 18.7. The van der Waals surface area contributed by atoms with E-state index in [4.69, 9.17) is 5.73 Å². The van der Waals surface area contributed by atoms with Gasteiger partial charge in [0.05, 0.1) is 11.4 Å². The number of carbonyl (C=O) groups excluding carboxylic acids is 1. The number of amides is 1. The number of carbonyl (C=O) groups is 1. The van der Waals surface area contributed by atoms with Crippen molar-refractivity contribution in [3.8, 4) is 11.4 Å². The van der Waals surface area contributed by atoms with E-state index in [1.807, 2.05) is 0 Å². The predicted octanol–water partition coefficient (Wildman–Crippen LogP) is -0.0240. The summed E-state index contributed by atoms with van der Waals surface area (Å²) < 4.78 is 1.66. The van der Waals surface area contributed by atoms with Crippen molar-refractivity contribution in [1.82, 2.24) is 19.7 Å². The molecular formula is C9H9N5O. The van der Waals surface area contributed by atoms with Gasteiger partial charge in [-0.1, -0.05) is 0 Å². The fourth-order valence-electron chi connectivity index (χ4n) is 1.26. The van der Waals surface area contributed by atoms with Gasteiger partial charge < -0.3 is 5.73 Å². The molecule has 0 aliphatic carbocycles. The quantitative estimate of drug-likeness (QED) is 0.742. The molecule has 0 aliphatic rings. The van der Waals surface area contributed by atoms with Gasteiger partial charge >= 0.3 is 0 Å². The molecule has 2 aromatic heterocycles. The number of aryl methyl sites for hydroxylation is 1. The third-order valence-electron chi connectivity index (χ3n) is 2.00. The molecule has 0 fully saturated rings. The van der Waals surface area contributed by atoms with Crippen molar-refractivity contribution in [2.24, 2.45) is 12.8 Å². The van der Waals surface area contributed by atoms with Crippen LogP contribution in [-0.2, 0) is 7.05 Å². The van der Waals surface area contributed by atoms with Crippen LogP contribution in [0.1, 0.15) is 10.5 Å². The molecule has 2 rings (SSSR count). The molecule has 0 aliphatic heterocycles. The highest BCUT2D eigenvalue weighted by Crippen LogP contribution is 2.14. The Bertz CT molecular complexity index is 505. The number of hydrogen-bond donors (Lipinski definition) is 1. The fourth-order valence-corrected chi connectivity index (χ4v) is 1.26. The van der Waals surface area contributed by atoms with Crippen molar-refractivity contribution in [1.29, 1.82) is 0 Å². The van der Waals surface area contributed by atoms with Crippen molar-refractivity contribution in [3.05, 3.63) is 30.4 Å². The Morgan fingerprint density at radius 2 is 2.27 bits per heavy atom. The average molecular weight is 203 g/mol. The second-order valence-electron chi connectivity index (χ2n) is 2.99. The standard InChI is InChI=1S/C9H9N5O/c1-14-8(2-3-13-14)6-4-7(9(10)15)12-5-11-6/h2-5H,1H3,(H2,10,15). The molecule has 0 radical (unpaired) electrons. The average Bonchev–Trinajstić information content (AvgIpc) is 2.64. The van der Waals surface area contributed by atoms with E-state index in [0.29, 0.717) is 5.69 Å². The molecule has 0 atom stereocenters. The van der Waals surface area contributed by atoms with E-state index in [0.717, 1.165) is 5.69 Å². The molecular weight excluding hydrogens is 194 g/mol. The zero-order valence-corrected chi connectivity index (χ0v) is 8.08. The van der Waals surface area contributed by atoms with E-state index in [1.54, 1.807) is 30.1 Å². The summed E-state index contributed by atoms with van der Waals surface area (Å²) in [6.07, 6.45) is 2.96. The van der Waals surface area contributed by atoms with Crippen LogP contribution in [0.5, 0.6) is 0 Å². The molecule has 6 heteroatoms. The number of nitrogens with two attached hydrogens (primary N) is 1. The minimum atomic E-state index is -0.569. The van der Waals surface area contributed by atoms with Crippen molar-refractivity contribution in [2.75, 3.05) is 0 Å². The molecule has 76 valence electrons. The Labute approximate surface area is 85.8 Å². The van der Waals surface area contributed by atoms with Gasteiger partial charge in [-0.05, 0) is 12.1 Å². The van der Waals surface area contributed by atoms with Crippen LogP contribution in [0, 0.1) is 0 Å². The lowest BCUT2D eigenvalue weighted by atomic mass is 10.2. The first-order valence-corrected chi connectivity index (χ1v) is 4.28. The lowest BCUT2D eigenvalue weighted by Crippen LogP contribution is -2.13. The summed E-state index contributed by atoms with van der Waals surface area (Å²) >= 11 is 0. The van der Waals surface area contributed by atoms with Crippen LogP contribution in [0.4, 0.5) is 0 Å². The van der Waals surface area contributed by atoms with Crippen molar-refractivity contribution >= 4 is 5.91 Å². The molecule has 1 amide bonds. The third-order valence-corrected chi connectivity index (χ3v) is 2.00. The van der Waals surface area contributed by atoms with Crippen molar-refractivity contribution in [2.45, 2.75) is 0 Å². The maximum Gasteiger partial charge on any atom is 0.267 e. The predicted molar refractivity (Wildman–Crippen MR) is 52.8 cm³/mol. The number of aromatic nitrogens is 4. The van der Waals surface area contributed by atoms with Crippen LogP contribution in [0.2, 0.25) is 0 Å². The van der Waals surface area contributed by atoms with Crippen molar-refractivity contribution in [3.63, 3.8) is 0 Å². The Morgan fingerprint density at radius 1 is 1.47 bits per heavy atom. The van der Waals surface area contributed by atoms with Gasteiger partial charge in [-0.3, -0.25) is 9.48 Å². The summed E-state index contributed by atoms with van der Waals surface area (Å²) in [5, 5.41) is 4.01. The Kier molecular flexibility index (Phi) is 2.17. The van der Waals surface area contributed by atoms with Gasteiger partial charge in [0.1, 0.15) is 12.0 Å². The molecule has 0 unspecified atom stereocenters. The van der Waals surface area contributed by atoms with E-state index in [2.05, 4.69) is 15.1 Å². The molecule has 0 spiro atoms. The first-order chi connectivity index (χ1) is 7.18. The molecule has 2 aromatic rings. The highest BCUT2D eigenvalue weighted by Gasteiger charge is 2.08. The van der Waals surface area contributed by atoms with E-state index < -0.39 is 5.91 Å². The number of rotatable bonds is 2. The Hall–Kier alpha value is -2.24. The summed E-state index contributed by atoms with van der Waals surface area (Å²) in [6, 6.07) is 3.34. The Morgan fingerprint density at radius 3 is 2.87 bits per heavy atom. The molecule has 2 heterocycles. The zero-order valence-electron chi connectivity index (χ0n) is 8.08. The topological polar surface area (TPSA) is 86.7 Å². The molecule has 0 aromatic carbocycles. The van der Waals surface area contributed by atoms with Gasteiger partial charge in [-0.15, -0.1) is 0 Å². The summed E-state index contributed by atoms with van der Waals surface area (Å²) in [5.41, 5.74) is 6.75. The largest absolute Gasteiger partial charge is 0.364 e. The molecule has 6 nitrogen and oxygen atoms in total. The third kappa shape index (κ3) is 1.69. The normalized spacial score (nSPS) is 10.2. The van der Waals surface area contributed by atoms with Gasteiger partial charge in [-0.2, -0.15) is 5.10 Å². The van der Waals surface area contributed by atoms with Gasteiger partial charge in [0.15, 0.2) is 0 Å². The maximum absolute atomic E-state index is 10.9. The van der Waals surface area contributed by atoms with Crippen LogP contribution in [0.25, 0.3) is 11.4 Å².